The van der Waals surface area contributed by atoms with E-state index in [0.717, 1.165) is 32.2 Å². The lowest BCUT2D eigenvalue weighted by Crippen LogP contribution is -2.48. The van der Waals surface area contributed by atoms with E-state index >= 15 is 0 Å². The van der Waals surface area contributed by atoms with Crippen LogP contribution in [-0.2, 0) is 11.3 Å². The molecule has 0 N–H and O–H groups in total. The number of carbonyl (C=O) groups is 1. The average molecular weight is 222 g/mol. The minimum absolute atomic E-state index is 0.0414. The third kappa shape index (κ3) is 1.67. The molecule has 1 aliphatic carbocycles. The third-order valence-electron chi connectivity index (χ3n) is 3.35. The van der Waals surface area contributed by atoms with Crippen molar-refractivity contribution >= 4 is 5.78 Å². The first-order valence-corrected chi connectivity index (χ1v) is 5.84. The molecule has 0 amide bonds. The zero-order valence-electron chi connectivity index (χ0n) is 9.90. The number of hydrogen-bond donors (Lipinski definition) is 0. The van der Waals surface area contributed by atoms with E-state index in [0.29, 0.717) is 5.82 Å². The molecule has 0 unspecified atom stereocenters. The van der Waals surface area contributed by atoms with Gasteiger partial charge in [-0.3, -0.25) is 4.79 Å². The van der Waals surface area contributed by atoms with Crippen LogP contribution in [-0.4, -0.2) is 28.0 Å². The maximum Gasteiger partial charge on any atom is 0.229 e. The highest BCUT2D eigenvalue weighted by Gasteiger charge is 2.46. The Balaban J connectivity index is 2.23. The minimum atomic E-state index is -0.586. The second kappa shape index (κ2) is 4.37. The van der Waals surface area contributed by atoms with Gasteiger partial charge in [-0.15, -0.1) is 0 Å². The number of methoxy groups -OCH3 is 1. The molecule has 2 rings (SSSR count). The normalized spacial score (nSPS) is 18.1. The number of aromatic nitrogens is 2. The summed E-state index contributed by atoms with van der Waals surface area (Å²) in [6.45, 7) is 2.92. The molecule has 1 aliphatic rings. The molecule has 0 bridgehead atoms. The van der Waals surface area contributed by atoms with E-state index < -0.39 is 5.60 Å². The first-order valence-electron chi connectivity index (χ1n) is 5.84. The zero-order chi connectivity index (χ0) is 11.6. The highest BCUT2D eigenvalue weighted by molar-refractivity contribution is 6.00. The second-order valence-electron chi connectivity index (χ2n) is 4.33. The van der Waals surface area contributed by atoms with E-state index in [-0.39, 0.29) is 5.78 Å². The van der Waals surface area contributed by atoms with E-state index in [1.54, 1.807) is 13.3 Å². The lowest BCUT2D eigenvalue weighted by atomic mass is 9.76. The summed E-state index contributed by atoms with van der Waals surface area (Å²) >= 11 is 0. The summed E-state index contributed by atoms with van der Waals surface area (Å²) in [6.07, 6.45) is 7.25. The van der Waals surface area contributed by atoms with Gasteiger partial charge in [-0.2, -0.15) is 0 Å². The Morgan fingerprint density at radius 2 is 2.38 bits per heavy atom. The van der Waals surface area contributed by atoms with Gasteiger partial charge in [-0.05, 0) is 25.7 Å². The predicted molar refractivity (Wildman–Crippen MR) is 60.4 cm³/mol. The number of imidazole rings is 1. The molecular weight excluding hydrogens is 204 g/mol. The molecule has 1 fully saturated rings. The maximum absolute atomic E-state index is 12.3. The monoisotopic (exact) mass is 222 g/mol. The number of hydrogen-bond acceptors (Lipinski definition) is 3. The Labute approximate surface area is 95.6 Å². The highest BCUT2D eigenvalue weighted by Crippen LogP contribution is 2.37. The molecule has 0 spiro atoms. The van der Waals surface area contributed by atoms with E-state index in [2.05, 4.69) is 11.9 Å². The molecule has 0 saturated heterocycles. The number of aryl methyl sites for hydroxylation is 1. The lowest BCUT2D eigenvalue weighted by molar-refractivity contribution is -0.0457. The van der Waals surface area contributed by atoms with Gasteiger partial charge >= 0.3 is 0 Å². The number of carbonyl (C=O) groups excluding carboxylic acids is 1. The quantitative estimate of drug-likeness (QED) is 0.716. The smallest absolute Gasteiger partial charge is 0.229 e. The van der Waals surface area contributed by atoms with Crippen LogP contribution in [0.5, 0.6) is 0 Å². The largest absolute Gasteiger partial charge is 0.370 e. The summed E-state index contributed by atoms with van der Waals surface area (Å²) in [4.78, 5) is 16.5. The number of nitrogens with zero attached hydrogens (tertiary/aromatic N) is 2. The highest BCUT2D eigenvalue weighted by atomic mass is 16.5. The second-order valence-corrected chi connectivity index (χ2v) is 4.33. The van der Waals surface area contributed by atoms with Crippen molar-refractivity contribution in [1.82, 2.24) is 9.55 Å². The van der Waals surface area contributed by atoms with Crippen LogP contribution in [0, 0.1) is 0 Å². The minimum Gasteiger partial charge on any atom is -0.370 e. The van der Waals surface area contributed by atoms with Gasteiger partial charge in [0.15, 0.2) is 5.82 Å². The number of Topliss-reactive ketones (excluding diaryl/α,β-unsaturated/α-hetero) is 1. The van der Waals surface area contributed by atoms with Crippen LogP contribution in [0.1, 0.15) is 43.2 Å². The van der Waals surface area contributed by atoms with Crippen molar-refractivity contribution in [1.29, 1.82) is 0 Å². The standard InChI is InChI=1S/C12H18N2O2/c1-3-8-14-9-7-13-11(14)10(15)12(16-2)5-4-6-12/h7,9H,3-6,8H2,1-2H3. The molecule has 1 aromatic rings. The van der Waals surface area contributed by atoms with Crippen LogP contribution in [0.4, 0.5) is 0 Å². The van der Waals surface area contributed by atoms with Gasteiger partial charge in [0, 0.05) is 26.0 Å². The molecule has 4 heteroatoms. The molecule has 0 aliphatic heterocycles. The molecule has 1 aromatic heterocycles. The van der Waals surface area contributed by atoms with Crippen molar-refractivity contribution in [2.45, 2.75) is 44.8 Å². The van der Waals surface area contributed by atoms with Crippen molar-refractivity contribution in [3.63, 3.8) is 0 Å². The Hall–Kier alpha value is -1.16. The van der Waals surface area contributed by atoms with E-state index in [1.165, 1.54) is 0 Å². The van der Waals surface area contributed by atoms with E-state index in [1.807, 2.05) is 10.8 Å². The molecule has 0 radical (unpaired) electrons. The van der Waals surface area contributed by atoms with Crippen molar-refractivity contribution < 1.29 is 9.53 Å². The van der Waals surface area contributed by atoms with Crippen molar-refractivity contribution in [3.05, 3.63) is 18.2 Å². The summed E-state index contributed by atoms with van der Waals surface area (Å²) in [7, 11) is 1.62. The molecule has 16 heavy (non-hydrogen) atoms. The number of ether oxygens (including phenoxy) is 1. The molecule has 88 valence electrons. The van der Waals surface area contributed by atoms with Crippen molar-refractivity contribution in [3.8, 4) is 0 Å². The molecule has 0 atom stereocenters. The summed E-state index contributed by atoms with van der Waals surface area (Å²) in [5, 5.41) is 0. The van der Waals surface area contributed by atoms with Crippen LogP contribution in [0.15, 0.2) is 12.4 Å². The molecule has 0 aromatic carbocycles. The van der Waals surface area contributed by atoms with E-state index in [9.17, 15) is 4.79 Å². The molecular formula is C12H18N2O2. The summed E-state index contributed by atoms with van der Waals surface area (Å²) in [5.74, 6) is 0.586. The average Bonchev–Trinajstić information content (AvgIpc) is 2.65. The molecule has 4 nitrogen and oxygen atoms in total. The number of ketones is 1. The van der Waals surface area contributed by atoms with Gasteiger partial charge in [0.05, 0.1) is 0 Å². The zero-order valence-corrected chi connectivity index (χ0v) is 9.90. The van der Waals surface area contributed by atoms with Crippen LogP contribution >= 0.6 is 0 Å². The summed E-state index contributed by atoms with van der Waals surface area (Å²) in [5.41, 5.74) is -0.586. The summed E-state index contributed by atoms with van der Waals surface area (Å²) < 4.78 is 7.31. The fourth-order valence-electron chi connectivity index (χ4n) is 2.17. The fraction of sp³-hybridized carbons (Fsp3) is 0.667. The van der Waals surface area contributed by atoms with Crippen LogP contribution in [0.3, 0.4) is 0 Å². The van der Waals surface area contributed by atoms with Crippen LogP contribution < -0.4 is 0 Å². The lowest BCUT2D eigenvalue weighted by Gasteiger charge is -2.38. The first-order chi connectivity index (χ1) is 7.73. The van der Waals surface area contributed by atoms with Gasteiger partial charge in [0.25, 0.3) is 0 Å². The Morgan fingerprint density at radius 3 is 2.88 bits per heavy atom. The van der Waals surface area contributed by atoms with Crippen molar-refractivity contribution in [2.75, 3.05) is 7.11 Å². The summed E-state index contributed by atoms with van der Waals surface area (Å²) in [6, 6.07) is 0. The van der Waals surface area contributed by atoms with Gasteiger partial charge < -0.3 is 9.30 Å². The Bertz CT molecular complexity index is 375. The van der Waals surface area contributed by atoms with Crippen LogP contribution in [0.25, 0.3) is 0 Å². The fourth-order valence-corrected chi connectivity index (χ4v) is 2.17. The first kappa shape index (κ1) is 11.3. The Morgan fingerprint density at radius 1 is 1.62 bits per heavy atom. The van der Waals surface area contributed by atoms with Gasteiger partial charge in [-0.1, -0.05) is 6.92 Å². The Kier molecular flexibility index (Phi) is 3.10. The number of rotatable bonds is 5. The van der Waals surface area contributed by atoms with E-state index in [4.69, 9.17) is 4.74 Å². The van der Waals surface area contributed by atoms with Crippen LogP contribution in [0.2, 0.25) is 0 Å². The molecule has 1 heterocycles. The van der Waals surface area contributed by atoms with Gasteiger partial charge in [0.1, 0.15) is 5.60 Å². The predicted octanol–water partition coefficient (Wildman–Crippen LogP) is 2.04. The topological polar surface area (TPSA) is 44.1 Å². The van der Waals surface area contributed by atoms with Crippen molar-refractivity contribution in [2.24, 2.45) is 0 Å². The van der Waals surface area contributed by atoms with Gasteiger partial charge in [-0.25, -0.2) is 4.98 Å². The van der Waals surface area contributed by atoms with Gasteiger partial charge in [0.2, 0.25) is 5.78 Å². The maximum atomic E-state index is 12.3. The SMILES string of the molecule is CCCn1ccnc1C(=O)C1(OC)CCC1. The molecule has 1 saturated carbocycles. The third-order valence-corrected chi connectivity index (χ3v) is 3.35.